The summed E-state index contributed by atoms with van der Waals surface area (Å²) in [6.45, 7) is 4.84. The van der Waals surface area contributed by atoms with Crippen LogP contribution in [0.2, 0.25) is 0 Å². The first-order chi connectivity index (χ1) is 12.2. The topological polar surface area (TPSA) is 37.7 Å². The number of benzene rings is 1. The standard InChI is InChI=1S/C21H21N3O/c1-15(2)25-19-5-3-16(4-6-19)18-9-12-24-20(14-23-21(24)13-18)17-7-10-22-11-8-17/h3-13,15,20H,14H2,1-2H3. The number of fused-ring (bicyclic) bond motifs is 1. The Bertz CT molecular complexity index is 835. The molecule has 1 aromatic heterocycles. The Labute approximate surface area is 148 Å². The second-order valence-electron chi connectivity index (χ2n) is 6.51. The SMILES string of the molecule is CC(C)Oc1ccc(C2=CC3=NCC(c4ccncc4)N3C=C2)cc1. The molecule has 1 unspecified atom stereocenters. The molecule has 0 spiro atoms. The average Bonchev–Trinajstić information content (AvgIpc) is 3.06. The quantitative estimate of drug-likeness (QED) is 0.841. The lowest BCUT2D eigenvalue weighted by Gasteiger charge is -2.26. The van der Waals surface area contributed by atoms with Gasteiger partial charge >= 0.3 is 0 Å². The Hall–Kier alpha value is -2.88. The van der Waals surface area contributed by atoms with Crippen molar-refractivity contribution in [2.45, 2.75) is 26.0 Å². The second kappa shape index (κ2) is 6.55. The van der Waals surface area contributed by atoms with Crippen molar-refractivity contribution in [3.63, 3.8) is 0 Å². The number of ether oxygens (including phenoxy) is 1. The van der Waals surface area contributed by atoms with E-state index in [1.807, 2.05) is 38.4 Å². The number of hydrogen-bond acceptors (Lipinski definition) is 4. The van der Waals surface area contributed by atoms with Crippen molar-refractivity contribution in [2.75, 3.05) is 6.54 Å². The van der Waals surface area contributed by atoms with Crippen LogP contribution in [0.3, 0.4) is 0 Å². The molecular weight excluding hydrogens is 310 g/mol. The zero-order valence-corrected chi connectivity index (χ0v) is 14.5. The minimum absolute atomic E-state index is 0.186. The molecule has 0 saturated carbocycles. The van der Waals surface area contributed by atoms with Crippen molar-refractivity contribution in [3.8, 4) is 5.75 Å². The molecule has 126 valence electrons. The van der Waals surface area contributed by atoms with Crippen molar-refractivity contribution in [1.82, 2.24) is 9.88 Å². The van der Waals surface area contributed by atoms with Gasteiger partial charge in [-0.15, -0.1) is 0 Å². The van der Waals surface area contributed by atoms with Crippen LogP contribution in [0.4, 0.5) is 0 Å². The van der Waals surface area contributed by atoms with E-state index in [2.05, 4.69) is 52.5 Å². The number of nitrogens with zero attached hydrogens (tertiary/aromatic N) is 3. The Balaban J connectivity index is 1.53. The fourth-order valence-electron chi connectivity index (χ4n) is 3.19. The maximum Gasteiger partial charge on any atom is 0.128 e. The average molecular weight is 331 g/mol. The van der Waals surface area contributed by atoms with E-state index in [1.165, 1.54) is 16.7 Å². The number of amidine groups is 1. The van der Waals surface area contributed by atoms with E-state index in [1.54, 1.807) is 0 Å². The van der Waals surface area contributed by atoms with Crippen molar-refractivity contribution in [3.05, 3.63) is 78.3 Å². The fourth-order valence-corrected chi connectivity index (χ4v) is 3.19. The van der Waals surface area contributed by atoms with E-state index in [9.17, 15) is 0 Å². The maximum atomic E-state index is 5.71. The minimum atomic E-state index is 0.186. The maximum absolute atomic E-state index is 5.71. The zero-order valence-electron chi connectivity index (χ0n) is 14.5. The molecule has 0 fully saturated rings. The Morgan fingerprint density at radius 3 is 2.56 bits per heavy atom. The highest BCUT2D eigenvalue weighted by molar-refractivity contribution is 6.04. The third-order valence-corrected chi connectivity index (χ3v) is 4.38. The number of allylic oxidation sites excluding steroid dienone is 2. The zero-order chi connectivity index (χ0) is 17.2. The molecule has 4 nitrogen and oxygen atoms in total. The molecule has 4 rings (SSSR count). The van der Waals surface area contributed by atoms with Crippen LogP contribution in [0, 0.1) is 0 Å². The van der Waals surface area contributed by atoms with Crippen LogP contribution < -0.4 is 4.74 Å². The number of aliphatic imine (C=N–C) groups is 1. The summed E-state index contributed by atoms with van der Waals surface area (Å²) in [5, 5.41) is 0. The molecule has 0 amide bonds. The molecule has 0 bridgehead atoms. The first-order valence-electron chi connectivity index (χ1n) is 8.60. The Kier molecular flexibility index (Phi) is 4.10. The molecule has 25 heavy (non-hydrogen) atoms. The number of pyridine rings is 1. The van der Waals surface area contributed by atoms with Crippen LogP contribution >= 0.6 is 0 Å². The Morgan fingerprint density at radius 1 is 1.08 bits per heavy atom. The molecule has 0 N–H and O–H groups in total. The number of aromatic nitrogens is 1. The fraction of sp³-hybridized carbons (Fsp3) is 0.238. The molecule has 2 aromatic rings. The van der Waals surface area contributed by atoms with E-state index in [4.69, 9.17) is 9.73 Å². The van der Waals surface area contributed by atoms with E-state index < -0.39 is 0 Å². The van der Waals surface area contributed by atoms with Gasteiger partial charge in [0.15, 0.2) is 0 Å². The minimum Gasteiger partial charge on any atom is -0.491 e. The lowest BCUT2D eigenvalue weighted by Crippen LogP contribution is -2.26. The molecule has 1 atom stereocenters. The molecule has 0 radical (unpaired) electrons. The lowest BCUT2D eigenvalue weighted by atomic mass is 10.0. The molecule has 2 aliphatic rings. The summed E-state index contributed by atoms with van der Waals surface area (Å²) in [5.41, 5.74) is 3.58. The van der Waals surface area contributed by atoms with E-state index in [-0.39, 0.29) is 12.1 Å². The summed E-state index contributed by atoms with van der Waals surface area (Å²) in [5.74, 6) is 1.92. The summed E-state index contributed by atoms with van der Waals surface area (Å²) in [4.78, 5) is 11.1. The Morgan fingerprint density at radius 2 is 1.84 bits per heavy atom. The highest BCUT2D eigenvalue weighted by Crippen LogP contribution is 2.32. The van der Waals surface area contributed by atoms with Crippen LogP contribution in [0.15, 0.2) is 72.1 Å². The van der Waals surface area contributed by atoms with Crippen molar-refractivity contribution >= 4 is 11.4 Å². The monoisotopic (exact) mass is 331 g/mol. The molecule has 2 aliphatic heterocycles. The van der Waals surface area contributed by atoms with Gasteiger partial charge in [0.25, 0.3) is 0 Å². The summed E-state index contributed by atoms with van der Waals surface area (Å²) >= 11 is 0. The third kappa shape index (κ3) is 3.20. The van der Waals surface area contributed by atoms with Gasteiger partial charge in [-0.05, 0) is 67.0 Å². The van der Waals surface area contributed by atoms with Gasteiger partial charge in [-0.3, -0.25) is 9.98 Å². The number of rotatable bonds is 4. The van der Waals surface area contributed by atoms with E-state index in [0.29, 0.717) is 0 Å². The van der Waals surface area contributed by atoms with Crippen LogP contribution in [-0.4, -0.2) is 28.4 Å². The summed E-state index contributed by atoms with van der Waals surface area (Å²) in [6.07, 6.45) is 10.3. The molecule has 0 saturated heterocycles. The van der Waals surface area contributed by atoms with Gasteiger partial charge < -0.3 is 9.64 Å². The molecule has 3 heterocycles. The van der Waals surface area contributed by atoms with Gasteiger partial charge in [-0.2, -0.15) is 0 Å². The number of hydrogen-bond donors (Lipinski definition) is 0. The molecule has 0 aliphatic carbocycles. The van der Waals surface area contributed by atoms with Gasteiger partial charge in [0.05, 0.1) is 18.7 Å². The first-order valence-corrected chi connectivity index (χ1v) is 8.60. The lowest BCUT2D eigenvalue weighted by molar-refractivity contribution is 0.242. The highest BCUT2D eigenvalue weighted by atomic mass is 16.5. The normalized spacial score (nSPS) is 18.8. The van der Waals surface area contributed by atoms with Gasteiger partial charge in [0.2, 0.25) is 0 Å². The predicted molar refractivity (Wildman–Crippen MR) is 100 cm³/mol. The van der Waals surface area contributed by atoms with Crippen LogP contribution in [-0.2, 0) is 0 Å². The second-order valence-corrected chi connectivity index (χ2v) is 6.51. The summed E-state index contributed by atoms with van der Waals surface area (Å²) in [7, 11) is 0. The first kappa shape index (κ1) is 15.6. The van der Waals surface area contributed by atoms with E-state index in [0.717, 1.165) is 18.1 Å². The van der Waals surface area contributed by atoms with Gasteiger partial charge in [-0.25, -0.2) is 0 Å². The van der Waals surface area contributed by atoms with E-state index >= 15 is 0 Å². The smallest absolute Gasteiger partial charge is 0.128 e. The summed E-state index contributed by atoms with van der Waals surface area (Å²) < 4.78 is 5.71. The van der Waals surface area contributed by atoms with Crippen LogP contribution in [0.25, 0.3) is 5.57 Å². The van der Waals surface area contributed by atoms with Crippen molar-refractivity contribution in [1.29, 1.82) is 0 Å². The van der Waals surface area contributed by atoms with Crippen LogP contribution in [0.1, 0.15) is 31.0 Å². The summed E-state index contributed by atoms with van der Waals surface area (Å²) in [6, 6.07) is 12.6. The van der Waals surface area contributed by atoms with Crippen LogP contribution in [0.5, 0.6) is 5.75 Å². The molecular formula is C21H21N3O. The highest BCUT2D eigenvalue weighted by Gasteiger charge is 2.28. The largest absolute Gasteiger partial charge is 0.491 e. The van der Waals surface area contributed by atoms with Crippen molar-refractivity contribution < 1.29 is 4.74 Å². The predicted octanol–water partition coefficient (Wildman–Crippen LogP) is 4.23. The molecule has 1 aromatic carbocycles. The molecule has 4 heteroatoms. The van der Waals surface area contributed by atoms with Gasteiger partial charge in [-0.1, -0.05) is 12.1 Å². The van der Waals surface area contributed by atoms with Crippen molar-refractivity contribution in [2.24, 2.45) is 4.99 Å². The van der Waals surface area contributed by atoms with Gasteiger partial charge in [0, 0.05) is 18.6 Å². The third-order valence-electron chi connectivity index (χ3n) is 4.38. The van der Waals surface area contributed by atoms with Gasteiger partial charge in [0.1, 0.15) is 11.6 Å².